The second kappa shape index (κ2) is 7.83. The number of carbonyl (C=O) groups is 1. The van der Waals surface area contributed by atoms with Gasteiger partial charge in [0.05, 0.1) is 6.10 Å². The van der Waals surface area contributed by atoms with Crippen molar-refractivity contribution < 1.29 is 9.53 Å². The van der Waals surface area contributed by atoms with Gasteiger partial charge in [-0.3, -0.25) is 9.69 Å². The largest absolute Gasteiger partial charge is 0.364 e. The summed E-state index contributed by atoms with van der Waals surface area (Å²) in [7, 11) is 0. The number of piperazine rings is 1. The summed E-state index contributed by atoms with van der Waals surface area (Å²) in [5.41, 5.74) is 6.77. The Morgan fingerprint density at radius 3 is 2.62 bits per heavy atom. The van der Waals surface area contributed by atoms with Gasteiger partial charge in [-0.25, -0.2) is 0 Å². The van der Waals surface area contributed by atoms with E-state index >= 15 is 0 Å². The van der Waals surface area contributed by atoms with Crippen LogP contribution in [0.3, 0.4) is 0 Å². The van der Waals surface area contributed by atoms with Crippen molar-refractivity contribution in [2.75, 3.05) is 32.7 Å². The first-order valence-corrected chi connectivity index (χ1v) is 9.10. The fraction of sp³-hybridized carbons (Fsp3) is 0.611. The third-order valence-electron chi connectivity index (χ3n) is 5.17. The minimum Gasteiger partial charge on any atom is -0.364 e. The number of nitrogens with two attached hydrogens (primary N) is 1. The van der Waals surface area contributed by atoms with Crippen LogP contribution in [0.2, 0.25) is 5.02 Å². The van der Waals surface area contributed by atoms with Gasteiger partial charge in [-0.05, 0) is 31.4 Å². The Kier molecular flexibility index (Phi) is 5.76. The summed E-state index contributed by atoms with van der Waals surface area (Å²) in [4.78, 5) is 16.9. The van der Waals surface area contributed by atoms with Crippen LogP contribution >= 0.6 is 11.6 Å². The van der Waals surface area contributed by atoms with E-state index in [0.29, 0.717) is 6.54 Å². The molecule has 132 valence electrons. The quantitative estimate of drug-likeness (QED) is 0.902. The molecule has 1 aromatic carbocycles. The van der Waals surface area contributed by atoms with E-state index in [4.69, 9.17) is 22.1 Å². The van der Waals surface area contributed by atoms with E-state index < -0.39 is 0 Å². The lowest BCUT2D eigenvalue weighted by atomic mass is 10.1. The smallest absolute Gasteiger partial charge is 0.251 e. The lowest BCUT2D eigenvalue weighted by Gasteiger charge is -2.39. The van der Waals surface area contributed by atoms with Gasteiger partial charge in [-0.1, -0.05) is 29.8 Å². The molecule has 2 aliphatic rings. The van der Waals surface area contributed by atoms with Crippen LogP contribution in [0.1, 0.15) is 31.4 Å². The zero-order chi connectivity index (χ0) is 17.1. The third kappa shape index (κ3) is 3.75. The fourth-order valence-corrected chi connectivity index (χ4v) is 3.90. The molecule has 1 unspecified atom stereocenters. The monoisotopic (exact) mass is 351 g/mol. The van der Waals surface area contributed by atoms with Crippen molar-refractivity contribution in [3.8, 4) is 0 Å². The molecule has 0 aromatic heterocycles. The Labute approximate surface area is 148 Å². The number of rotatable bonds is 4. The van der Waals surface area contributed by atoms with Gasteiger partial charge in [0.2, 0.25) is 0 Å². The van der Waals surface area contributed by atoms with Gasteiger partial charge in [-0.2, -0.15) is 0 Å². The maximum Gasteiger partial charge on any atom is 0.251 e. The summed E-state index contributed by atoms with van der Waals surface area (Å²) in [5.74, 6) is 0.121. The molecule has 24 heavy (non-hydrogen) atoms. The number of hydrogen-bond donors (Lipinski definition) is 1. The van der Waals surface area contributed by atoms with Crippen LogP contribution in [-0.2, 0) is 9.53 Å². The molecule has 2 heterocycles. The van der Waals surface area contributed by atoms with E-state index in [0.717, 1.165) is 49.6 Å². The highest BCUT2D eigenvalue weighted by molar-refractivity contribution is 6.31. The first-order valence-electron chi connectivity index (χ1n) is 8.73. The molecule has 3 atom stereocenters. The first kappa shape index (κ1) is 17.7. The highest BCUT2D eigenvalue weighted by Crippen LogP contribution is 2.28. The molecule has 6 heteroatoms. The van der Waals surface area contributed by atoms with Crippen molar-refractivity contribution in [1.29, 1.82) is 0 Å². The molecule has 0 spiro atoms. The molecule has 2 N–H and O–H groups in total. The van der Waals surface area contributed by atoms with Crippen molar-refractivity contribution in [3.05, 3.63) is 34.9 Å². The lowest BCUT2D eigenvalue weighted by Crippen LogP contribution is -2.52. The minimum atomic E-state index is -0.300. The van der Waals surface area contributed by atoms with Crippen LogP contribution in [-0.4, -0.2) is 60.6 Å². The molecule has 0 aliphatic carbocycles. The predicted octanol–water partition coefficient (Wildman–Crippen LogP) is 2.05. The van der Waals surface area contributed by atoms with Crippen molar-refractivity contribution in [1.82, 2.24) is 9.80 Å². The van der Waals surface area contributed by atoms with Gasteiger partial charge < -0.3 is 15.4 Å². The molecule has 0 saturated carbocycles. The molecular formula is C18H26ClN3O2. The Morgan fingerprint density at radius 1 is 1.29 bits per heavy atom. The van der Waals surface area contributed by atoms with Gasteiger partial charge in [0.1, 0.15) is 6.10 Å². The molecule has 1 aromatic rings. The minimum absolute atomic E-state index is 0.0421. The van der Waals surface area contributed by atoms with Gasteiger partial charge in [0, 0.05) is 43.8 Å². The van der Waals surface area contributed by atoms with E-state index in [1.165, 1.54) is 0 Å². The zero-order valence-electron chi connectivity index (χ0n) is 14.2. The van der Waals surface area contributed by atoms with Crippen LogP contribution in [0.5, 0.6) is 0 Å². The molecule has 1 amide bonds. The van der Waals surface area contributed by atoms with Crippen LogP contribution in [0, 0.1) is 0 Å². The van der Waals surface area contributed by atoms with Crippen molar-refractivity contribution in [2.45, 2.75) is 38.0 Å². The highest BCUT2D eigenvalue weighted by Gasteiger charge is 2.34. The third-order valence-corrected chi connectivity index (χ3v) is 5.52. The van der Waals surface area contributed by atoms with Gasteiger partial charge in [-0.15, -0.1) is 0 Å². The maximum atomic E-state index is 12.6. The number of hydrogen-bond acceptors (Lipinski definition) is 4. The van der Waals surface area contributed by atoms with Crippen molar-refractivity contribution >= 4 is 17.5 Å². The number of nitrogens with zero attached hydrogens (tertiary/aromatic N) is 2. The summed E-state index contributed by atoms with van der Waals surface area (Å²) in [6, 6.07) is 8.22. The van der Waals surface area contributed by atoms with E-state index in [2.05, 4.69) is 17.9 Å². The normalized spacial score (nSPS) is 26.5. The van der Waals surface area contributed by atoms with Gasteiger partial charge in [0.15, 0.2) is 0 Å². The summed E-state index contributed by atoms with van der Waals surface area (Å²) in [6.07, 6.45) is 1.42. The van der Waals surface area contributed by atoms with Crippen LogP contribution < -0.4 is 5.73 Å². The number of halogens is 1. The van der Waals surface area contributed by atoms with Crippen molar-refractivity contribution in [3.63, 3.8) is 0 Å². The van der Waals surface area contributed by atoms with Gasteiger partial charge >= 0.3 is 0 Å². The molecule has 0 radical (unpaired) electrons. The number of carbonyl (C=O) groups excluding carboxylic acids is 1. The molecule has 2 saturated heterocycles. The van der Waals surface area contributed by atoms with E-state index in [-0.39, 0.29) is 24.2 Å². The SMILES string of the molecule is CC(c1ccccc1Cl)N1CCN(C(=O)[C@@H]2CC[C@H](CN)O2)CC1. The second-order valence-electron chi connectivity index (χ2n) is 6.62. The number of benzene rings is 1. The molecule has 2 fully saturated rings. The van der Waals surface area contributed by atoms with Gasteiger partial charge in [0.25, 0.3) is 5.91 Å². The fourth-order valence-electron chi connectivity index (χ4n) is 3.60. The lowest BCUT2D eigenvalue weighted by molar-refractivity contribution is -0.144. The van der Waals surface area contributed by atoms with Crippen LogP contribution in [0.15, 0.2) is 24.3 Å². The maximum absolute atomic E-state index is 12.6. The standard InChI is InChI=1S/C18H26ClN3O2/c1-13(15-4-2-3-5-16(15)19)21-8-10-22(11-9-21)18(23)17-7-6-14(12-20)24-17/h2-5,13-14,17H,6-12,20H2,1H3/t13?,14-,17+/m1/s1. The summed E-state index contributed by atoms with van der Waals surface area (Å²) < 4.78 is 5.74. The topological polar surface area (TPSA) is 58.8 Å². The Balaban J connectivity index is 1.54. The highest BCUT2D eigenvalue weighted by atomic mass is 35.5. The summed E-state index contributed by atoms with van der Waals surface area (Å²) >= 11 is 6.31. The molecule has 3 rings (SSSR count). The average molecular weight is 352 g/mol. The predicted molar refractivity (Wildman–Crippen MR) is 95.0 cm³/mol. The van der Waals surface area contributed by atoms with E-state index in [9.17, 15) is 4.79 Å². The molecule has 2 aliphatic heterocycles. The second-order valence-corrected chi connectivity index (χ2v) is 7.03. The Hall–Kier alpha value is -1.14. The zero-order valence-corrected chi connectivity index (χ0v) is 14.9. The van der Waals surface area contributed by atoms with E-state index in [1.54, 1.807) is 0 Å². The summed E-state index contributed by atoms with van der Waals surface area (Å²) in [5, 5.41) is 0.802. The van der Waals surface area contributed by atoms with Crippen LogP contribution in [0.4, 0.5) is 0 Å². The Morgan fingerprint density at radius 2 is 2.00 bits per heavy atom. The molecular weight excluding hydrogens is 326 g/mol. The first-order chi connectivity index (χ1) is 11.6. The molecule has 5 nitrogen and oxygen atoms in total. The average Bonchev–Trinajstić information content (AvgIpc) is 3.10. The van der Waals surface area contributed by atoms with Crippen LogP contribution in [0.25, 0.3) is 0 Å². The number of amides is 1. The molecule has 0 bridgehead atoms. The number of ether oxygens (including phenoxy) is 1. The van der Waals surface area contributed by atoms with E-state index in [1.807, 2.05) is 23.1 Å². The summed E-state index contributed by atoms with van der Waals surface area (Å²) in [6.45, 7) is 5.84. The Bertz CT molecular complexity index is 575. The van der Waals surface area contributed by atoms with Crippen molar-refractivity contribution in [2.24, 2.45) is 5.73 Å².